The number of rotatable bonds is 8. The number of hydrogen-bond donors (Lipinski definition) is 2. The molecule has 0 radical (unpaired) electrons. The number of ether oxygens (including phenoxy) is 1. The lowest BCUT2D eigenvalue weighted by molar-refractivity contribution is -0.135. The van der Waals surface area contributed by atoms with E-state index in [1.54, 1.807) is 31.2 Å². The minimum atomic E-state index is -1.23. The maximum absolute atomic E-state index is 12.3. The summed E-state index contributed by atoms with van der Waals surface area (Å²) in [5.41, 5.74) is 0.303. The first-order chi connectivity index (χ1) is 12.4. The van der Waals surface area contributed by atoms with E-state index >= 15 is 0 Å². The molecule has 0 aliphatic heterocycles. The molecule has 0 atom stereocenters. The summed E-state index contributed by atoms with van der Waals surface area (Å²) in [5, 5.41) is 18.5. The first kappa shape index (κ1) is 18.9. The largest absolute Gasteiger partial charge is 0.497 e. The van der Waals surface area contributed by atoms with Crippen molar-refractivity contribution in [2.75, 3.05) is 25.5 Å². The Morgan fingerprint density at radius 1 is 1.35 bits per heavy atom. The molecule has 2 rings (SSSR count). The van der Waals surface area contributed by atoms with Gasteiger partial charge in [-0.05, 0) is 19.1 Å². The molecular formula is C16H19N5O5. The first-order valence-electron chi connectivity index (χ1n) is 7.78. The monoisotopic (exact) mass is 361 g/mol. The lowest BCUT2D eigenvalue weighted by atomic mass is 10.3. The van der Waals surface area contributed by atoms with E-state index < -0.39 is 5.97 Å². The molecule has 10 nitrogen and oxygen atoms in total. The molecule has 1 aromatic heterocycles. The number of benzene rings is 1. The van der Waals surface area contributed by atoms with E-state index in [0.717, 1.165) is 10.9 Å². The number of nitrogens with one attached hydrogen (secondary N) is 1. The number of amides is 2. The van der Waals surface area contributed by atoms with Gasteiger partial charge in [0.25, 0.3) is 0 Å². The molecule has 2 amide bonds. The number of carbonyl (C=O) groups is 3. The summed E-state index contributed by atoms with van der Waals surface area (Å²) in [6.45, 7) is 1.69. The van der Waals surface area contributed by atoms with Crippen LogP contribution >= 0.6 is 0 Å². The van der Waals surface area contributed by atoms with Crippen molar-refractivity contribution in [3.05, 3.63) is 36.2 Å². The molecule has 0 spiro atoms. The number of likely N-dealkylation sites (N-methyl/N-ethyl adjacent to an activating group) is 1. The summed E-state index contributed by atoms with van der Waals surface area (Å²) in [4.78, 5) is 36.6. The van der Waals surface area contributed by atoms with Crippen LogP contribution in [0.4, 0.5) is 5.69 Å². The predicted molar refractivity (Wildman–Crippen MR) is 90.9 cm³/mol. The van der Waals surface area contributed by atoms with Gasteiger partial charge in [-0.3, -0.25) is 9.59 Å². The Hall–Kier alpha value is -3.43. The average molecular weight is 361 g/mol. The molecule has 0 aliphatic rings. The maximum Gasteiger partial charge on any atom is 0.358 e. The third-order valence-corrected chi connectivity index (χ3v) is 3.48. The zero-order valence-electron chi connectivity index (χ0n) is 14.4. The highest BCUT2D eigenvalue weighted by Crippen LogP contribution is 2.16. The van der Waals surface area contributed by atoms with Crippen LogP contribution in [0.2, 0.25) is 0 Å². The first-order valence-corrected chi connectivity index (χ1v) is 7.78. The number of methoxy groups -OCH3 is 1. The minimum Gasteiger partial charge on any atom is -0.497 e. The van der Waals surface area contributed by atoms with Crippen molar-refractivity contribution in [2.45, 2.75) is 13.5 Å². The number of aromatic carboxylic acids is 1. The van der Waals surface area contributed by atoms with Crippen LogP contribution in [0.1, 0.15) is 17.4 Å². The number of carboxylic acid groups (broad SMARTS) is 1. The fraction of sp³-hybridized carbons (Fsp3) is 0.312. The Morgan fingerprint density at radius 2 is 2.12 bits per heavy atom. The van der Waals surface area contributed by atoms with Crippen LogP contribution in [0.25, 0.3) is 0 Å². The van der Waals surface area contributed by atoms with Gasteiger partial charge in [-0.2, -0.15) is 0 Å². The number of aromatic nitrogens is 3. The lowest BCUT2D eigenvalue weighted by Crippen LogP contribution is -2.39. The third-order valence-electron chi connectivity index (χ3n) is 3.48. The number of anilines is 1. The molecule has 0 saturated heterocycles. The van der Waals surface area contributed by atoms with Crippen molar-refractivity contribution in [2.24, 2.45) is 0 Å². The van der Waals surface area contributed by atoms with Gasteiger partial charge < -0.3 is 20.1 Å². The highest BCUT2D eigenvalue weighted by molar-refractivity contribution is 5.94. The zero-order valence-corrected chi connectivity index (χ0v) is 14.4. The number of carboxylic acids is 1. The molecule has 2 aromatic rings. The summed E-state index contributed by atoms with van der Waals surface area (Å²) in [6.07, 6.45) is 1.16. The zero-order chi connectivity index (χ0) is 19.1. The van der Waals surface area contributed by atoms with Crippen LogP contribution in [-0.2, 0) is 16.1 Å². The Kier molecular flexibility index (Phi) is 6.25. The van der Waals surface area contributed by atoms with Crippen molar-refractivity contribution in [1.82, 2.24) is 19.9 Å². The summed E-state index contributed by atoms with van der Waals surface area (Å²) in [6, 6.07) is 6.86. The molecule has 1 aromatic carbocycles. The van der Waals surface area contributed by atoms with Crippen LogP contribution in [0.3, 0.4) is 0 Å². The van der Waals surface area contributed by atoms with Gasteiger partial charge in [0.15, 0.2) is 5.69 Å². The van der Waals surface area contributed by atoms with Crippen molar-refractivity contribution in [3.63, 3.8) is 0 Å². The number of hydrogen-bond acceptors (Lipinski definition) is 6. The Bertz CT molecular complexity index is 804. The summed E-state index contributed by atoms with van der Waals surface area (Å²) >= 11 is 0. The highest BCUT2D eigenvalue weighted by atomic mass is 16.5. The molecule has 2 N–H and O–H groups in total. The van der Waals surface area contributed by atoms with Crippen LogP contribution in [0.5, 0.6) is 5.75 Å². The van der Waals surface area contributed by atoms with Crippen molar-refractivity contribution >= 4 is 23.5 Å². The average Bonchev–Trinajstić information content (AvgIpc) is 3.08. The van der Waals surface area contributed by atoms with E-state index in [4.69, 9.17) is 9.84 Å². The van der Waals surface area contributed by atoms with E-state index in [1.165, 1.54) is 12.0 Å². The molecule has 1 heterocycles. The Labute approximate surface area is 149 Å². The van der Waals surface area contributed by atoms with E-state index in [1.807, 2.05) is 0 Å². The summed E-state index contributed by atoms with van der Waals surface area (Å²) < 4.78 is 6.21. The van der Waals surface area contributed by atoms with Crippen molar-refractivity contribution in [1.29, 1.82) is 0 Å². The minimum absolute atomic E-state index is 0.146. The van der Waals surface area contributed by atoms with Gasteiger partial charge >= 0.3 is 5.97 Å². The predicted octanol–water partition coefficient (Wildman–Crippen LogP) is 0.472. The SMILES string of the molecule is CCN(CC(=O)Nc1cccc(OC)c1)C(=O)Cn1cc(C(=O)O)nn1. The van der Waals surface area contributed by atoms with E-state index in [9.17, 15) is 14.4 Å². The van der Waals surface area contributed by atoms with Crippen LogP contribution < -0.4 is 10.1 Å². The Balaban J connectivity index is 1.94. The van der Waals surface area contributed by atoms with Crippen molar-refractivity contribution < 1.29 is 24.2 Å². The molecule has 26 heavy (non-hydrogen) atoms. The van der Waals surface area contributed by atoms with Gasteiger partial charge in [-0.25, -0.2) is 9.48 Å². The number of nitrogens with zero attached hydrogens (tertiary/aromatic N) is 4. The second-order valence-corrected chi connectivity index (χ2v) is 5.29. The van der Waals surface area contributed by atoms with Crippen LogP contribution in [0, 0.1) is 0 Å². The number of carbonyl (C=O) groups excluding carboxylic acids is 2. The summed E-state index contributed by atoms with van der Waals surface area (Å²) in [5.74, 6) is -1.37. The molecule has 0 aliphatic carbocycles. The molecular weight excluding hydrogens is 342 g/mol. The van der Waals surface area contributed by atoms with E-state index in [0.29, 0.717) is 18.0 Å². The highest BCUT2D eigenvalue weighted by Gasteiger charge is 2.18. The standard InChI is InChI=1S/C16H19N5O5/c1-3-20(15(23)10-21-8-13(16(24)25)18-19-21)9-14(22)17-11-5-4-6-12(7-11)26-2/h4-8H,3,9-10H2,1-2H3,(H,17,22)(H,24,25). The van der Waals surface area contributed by atoms with Gasteiger partial charge in [0.1, 0.15) is 12.3 Å². The van der Waals surface area contributed by atoms with Gasteiger partial charge in [0.2, 0.25) is 11.8 Å². The third kappa shape index (κ3) is 5.03. The van der Waals surface area contributed by atoms with Crippen molar-refractivity contribution in [3.8, 4) is 5.75 Å². The summed E-state index contributed by atoms with van der Waals surface area (Å²) in [7, 11) is 1.53. The van der Waals surface area contributed by atoms with E-state index in [2.05, 4.69) is 15.6 Å². The molecule has 0 fully saturated rings. The molecule has 10 heteroatoms. The second kappa shape index (κ2) is 8.60. The maximum atomic E-state index is 12.3. The topological polar surface area (TPSA) is 127 Å². The Morgan fingerprint density at radius 3 is 2.73 bits per heavy atom. The van der Waals surface area contributed by atoms with Gasteiger partial charge in [-0.1, -0.05) is 11.3 Å². The van der Waals surface area contributed by atoms with Gasteiger partial charge in [0, 0.05) is 18.3 Å². The van der Waals surface area contributed by atoms with Gasteiger partial charge in [-0.15, -0.1) is 5.10 Å². The quantitative estimate of drug-likeness (QED) is 0.700. The normalized spacial score (nSPS) is 10.2. The van der Waals surface area contributed by atoms with Crippen LogP contribution in [0.15, 0.2) is 30.5 Å². The van der Waals surface area contributed by atoms with Gasteiger partial charge in [0.05, 0.1) is 19.9 Å². The van der Waals surface area contributed by atoms with E-state index in [-0.39, 0.29) is 30.6 Å². The molecule has 138 valence electrons. The lowest BCUT2D eigenvalue weighted by Gasteiger charge is -2.20. The smallest absolute Gasteiger partial charge is 0.358 e. The molecule has 0 unspecified atom stereocenters. The second-order valence-electron chi connectivity index (χ2n) is 5.29. The molecule has 0 bridgehead atoms. The fourth-order valence-corrected chi connectivity index (χ4v) is 2.16. The van der Waals surface area contributed by atoms with Crippen LogP contribution in [-0.4, -0.2) is 63.0 Å². The molecule has 0 saturated carbocycles. The fourth-order valence-electron chi connectivity index (χ4n) is 2.16.